The molecule has 0 nitrogen and oxygen atoms in total. The van der Waals surface area contributed by atoms with Gasteiger partial charge < -0.3 is 0 Å². The Labute approximate surface area is 148 Å². The Bertz CT molecular complexity index is 864. The Kier molecular flexibility index (Phi) is 4.88. The molecule has 1 aliphatic carbocycles. The van der Waals surface area contributed by atoms with Gasteiger partial charge >= 0.3 is 0 Å². The summed E-state index contributed by atoms with van der Waals surface area (Å²) in [5, 5.41) is 0. The van der Waals surface area contributed by atoms with E-state index in [1.807, 2.05) is 0 Å². The summed E-state index contributed by atoms with van der Waals surface area (Å²) >= 11 is 0. The van der Waals surface area contributed by atoms with E-state index in [-0.39, 0.29) is 24.3 Å². The molecule has 1 unspecified atom stereocenters. The van der Waals surface area contributed by atoms with Gasteiger partial charge in [0.05, 0.1) is 0 Å². The van der Waals surface area contributed by atoms with Crippen LogP contribution in [0.25, 0.3) is 0 Å². The zero-order valence-corrected chi connectivity index (χ0v) is 13.3. The third-order valence-corrected chi connectivity index (χ3v) is 4.24. The number of rotatable bonds is 3. The zero-order valence-electron chi connectivity index (χ0n) is 13.3. The van der Waals surface area contributed by atoms with Crippen LogP contribution in [0.5, 0.6) is 0 Å². The maximum absolute atomic E-state index is 15.6. The standard InChI is InChI=1S/C18H9BF8/c20-9-2-1-3-18(27,8-9)19(16-12(23)4-10(21)5-13(16)24)17-14(25)6-11(22)7-15(17)26/h1-7H,8H2. The number of hydrogen-bond donors (Lipinski definition) is 0. The normalized spacial score (nSPS) is 19.2. The molecule has 9 heteroatoms. The highest BCUT2D eigenvalue weighted by molar-refractivity contribution is 6.88. The Morgan fingerprint density at radius 2 is 1.11 bits per heavy atom. The highest BCUT2D eigenvalue weighted by Crippen LogP contribution is 2.32. The van der Waals surface area contributed by atoms with Gasteiger partial charge in [0, 0.05) is 41.6 Å². The van der Waals surface area contributed by atoms with Gasteiger partial charge in [-0.15, -0.1) is 0 Å². The lowest BCUT2D eigenvalue weighted by Crippen LogP contribution is -2.61. The fraction of sp³-hybridized carbons (Fsp3) is 0.111. The quantitative estimate of drug-likeness (QED) is 0.547. The predicted molar refractivity (Wildman–Crippen MR) is 84.4 cm³/mol. The van der Waals surface area contributed by atoms with Crippen LogP contribution >= 0.6 is 0 Å². The fourth-order valence-corrected chi connectivity index (χ4v) is 3.17. The van der Waals surface area contributed by atoms with Crippen molar-refractivity contribution >= 4 is 17.6 Å². The van der Waals surface area contributed by atoms with Crippen molar-refractivity contribution in [2.45, 2.75) is 12.0 Å². The van der Waals surface area contributed by atoms with Gasteiger partial charge in [-0.2, -0.15) is 0 Å². The topological polar surface area (TPSA) is 0 Å². The maximum Gasteiger partial charge on any atom is 0.272 e. The van der Waals surface area contributed by atoms with Gasteiger partial charge in [-0.1, -0.05) is 12.2 Å². The van der Waals surface area contributed by atoms with Crippen LogP contribution in [0.15, 0.2) is 48.3 Å². The number of halogens is 8. The van der Waals surface area contributed by atoms with Crippen LogP contribution in [0, 0.1) is 34.9 Å². The van der Waals surface area contributed by atoms with Crippen molar-refractivity contribution in [3.8, 4) is 0 Å². The van der Waals surface area contributed by atoms with Gasteiger partial charge in [-0.05, 0) is 6.08 Å². The van der Waals surface area contributed by atoms with E-state index in [1.54, 1.807) is 0 Å². The van der Waals surface area contributed by atoms with Crippen molar-refractivity contribution < 1.29 is 35.1 Å². The van der Waals surface area contributed by atoms with Gasteiger partial charge in [0.25, 0.3) is 6.71 Å². The molecule has 0 bridgehead atoms. The summed E-state index contributed by atoms with van der Waals surface area (Å²) in [6.45, 7) is -2.38. The van der Waals surface area contributed by atoms with E-state index >= 15 is 4.39 Å². The number of alkyl halides is 1. The highest BCUT2D eigenvalue weighted by atomic mass is 19.2. The molecule has 3 rings (SSSR count). The summed E-state index contributed by atoms with van der Waals surface area (Å²) in [6.07, 6.45) is 1.35. The first-order valence-corrected chi connectivity index (χ1v) is 7.64. The van der Waals surface area contributed by atoms with Crippen molar-refractivity contribution in [3.63, 3.8) is 0 Å². The molecule has 27 heavy (non-hydrogen) atoms. The molecule has 0 aromatic heterocycles. The molecule has 0 spiro atoms. The van der Waals surface area contributed by atoms with Crippen molar-refractivity contribution in [3.05, 3.63) is 83.2 Å². The Hall–Kier alpha value is -2.58. The van der Waals surface area contributed by atoms with E-state index in [0.29, 0.717) is 6.08 Å². The average Bonchev–Trinajstić information content (AvgIpc) is 2.51. The van der Waals surface area contributed by atoms with Crippen LogP contribution in [-0.2, 0) is 0 Å². The molecule has 1 atom stereocenters. The SMILES string of the molecule is FC1=CC=CC(F)(B(c2c(F)cc(F)cc2F)c2c(F)cc(F)cc2F)C1. The third kappa shape index (κ3) is 3.50. The minimum Gasteiger partial charge on any atom is -0.247 e. The smallest absolute Gasteiger partial charge is 0.247 e. The largest absolute Gasteiger partial charge is 0.272 e. The fourth-order valence-electron chi connectivity index (χ4n) is 3.17. The Morgan fingerprint density at radius 3 is 1.48 bits per heavy atom. The van der Waals surface area contributed by atoms with Gasteiger partial charge in [0.1, 0.15) is 46.3 Å². The van der Waals surface area contributed by atoms with Crippen LogP contribution in [0.4, 0.5) is 35.1 Å². The lowest BCUT2D eigenvalue weighted by molar-refractivity contribution is 0.311. The summed E-state index contributed by atoms with van der Waals surface area (Å²) in [6, 6.07) is 0.805. The molecule has 2 aromatic rings. The van der Waals surface area contributed by atoms with E-state index < -0.39 is 70.4 Å². The van der Waals surface area contributed by atoms with Crippen LogP contribution in [-0.4, -0.2) is 12.3 Å². The first-order valence-electron chi connectivity index (χ1n) is 7.64. The van der Waals surface area contributed by atoms with Crippen LogP contribution in [0.1, 0.15) is 6.42 Å². The van der Waals surface area contributed by atoms with Gasteiger partial charge in [-0.3, -0.25) is 0 Å². The first kappa shape index (κ1) is 19.2. The molecule has 0 N–H and O–H groups in total. The van der Waals surface area contributed by atoms with Crippen LogP contribution in [0.3, 0.4) is 0 Å². The van der Waals surface area contributed by atoms with Crippen molar-refractivity contribution in [2.75, 3.05) is 0 Å². The predicted octanol–water partition coefficient (Wildman–Crippen LogP) is 4.19. The second-order valence-corrected chi connectivity index (χ2v) is 6.08. The summed E-state index contributed by atoms with van der Waals surface area (Å²) < 4.78 is 113. The lowest BCUT2D eigenvalue weighted by Gasteiger charge is -2.31. The minimum atomic E-state index is -3.00. The van der Waals surface area contributed by atoms with E-state index in [4.69, 9.17) is 0 Å². The molecule has 0 amide bonds. The monoisotopic (exact) mass is 388 g/mol. The molecule has 0 radical (unpaired) electrons. The van der Waals surface area contributed by atoms with Crippen molar-refractivity contribution in [2.24, 2.45) is 0 Å². The molecular weight excluding hydrogens is 379 g/mol. The van der Waals surface area contributed by atoms with E-state index in [0.717, 1.165) is 12.2 Å². The average molecular weight is 388 g/mol. The van der Waals surface area contributed by atoms with Gasteiger partial charge in [0.15, 0.2) is 0 Å². The van der Waals surface area contributed by atoms with Gasteiger partial charge in [-0.25, -0.2) is 35.1 Å². The molecule has 0 saturated heterocycles. The van der Waals surface area contributed by atoms with Crippen molar-refractivity contribution in [1.82, 2.24) is 0 Å². The van der Waals surface area contributed by atoms with Gasteiger partial charge in [0.2, 0.25) is 0 Å². The van der Waals surface area contributed by atoms with Crippen molar-refractivity contribution in [1.29, 1.82) is 0 Å². The second-order valence-electron chi connectivity index (χ2n) is 6.08. The second kappa shape index (κ2) is 6.86. The molecule has 1 aliphatic rings. The number of benzene rings is 2. The first-order chi connectivity index (χ1) is 12.6. The number of hydrogen-bond acceptors (Lipinski definition) is 0. The summed E-state index contributed by atoms with van der Waals surface area (Å²) in [5.41, 5.74) is -5.41. The molecule has 0 saturated carbocycles. The van der Waals surface area contributed by atoms with E-state index in [2.05, 4.69) is 0 Å². The Morgan fingerprint density at radius 1 is 0.704 bits per heavy atom. The molecule has 0 heterocycles. The molecule has 140 valence electrons. The minimum absolute atomic E-state index is 0.201. The molecular formula is C18H9BF8. The van der Waals surface area contributed by atoms with Crippen LogP contribution in [0.2, 0.25) is 0 Å². The van der Waals surface area contributed by atoms with Crippen LogP contribution < -0.4 is 10.9 Å². The summed E-state index contributed by atoms with van der Waals surface area (Å²) in [7, 11) is 0. The Balaban J connectivity index is 2.33. The third-order valence-electron chi connectivity index (χ3n) is 4.24. The summed E-state index contributed by atoms with van der Waals surface area (Å²) in [5.74, 6) is -10.2. The number of allylic oxidation sites excluding steroid dienone is 4. The summed E-state index contributed by atoms with van der Waals surface area (Å²) in [4.78, 5) is 0. The molecule has 0 fully saturated rings. The molecule has 0 aliphatic heterocycles. The zero-order chi connectivity index (χ0) is 19.9. The highest BCUT2D eigenvalue weighted by Gasteiger charge is 2.49. The lowest BCUT2D eigenvalue weighted by atomic mass is 9.30. The van der Waals surface area contributed by atoms with E-state index in [9.17, 15) is 30.7 Å². The maximum atomic E-state index is 15.6. The van der Waals surface area contributed by atoms with E-state index in [1.165, 1.54) is 0 Å². The molecule has 2 aromatic carbocycles.